The smallest absolute Gasteiger partial charge is 0.315 e. The fourth-order valence-corrected chi connectivity index (χ4v) is 3.48. The topological polar surface area (TPSA) is 61.4 Å². The van der Waals surface area contributed by atoms with Crippen molar-refractivity contribution < 1.29 is 9.90 Å². The molecule has 120 valence electrons. The van der Waals surface area contributed by atoms with E-state index in [2.05, 4.69) is 17.6 Å². The molecule has 4 heteroatoms. The van der Waals surface area contributed by atoms with Crippen LogP contribution in [0.15, 0.2) is 12.2 Å². The summed E-state index contributed by atoms with van der Waals surface area (Å²) in [6.07, 6.45) is 14.0. The van der Waals surface area contributed by atoms with Crippen LogP contribution in [0.3, 0.4) is 0 Å². The van der Waals surface area contributed by atoms with E-state index in [-0.39, 0.29) is 30.6 Å². The fraction of sp³-hybridized carbons (Fsp3) is 0.824. The highest BCUT2D eigenvalue weighted by atomic mass is 16.3. The van der Waals surface area contributed by atoms with Crippen LogP contribution in [0.5, 0.6) is 0 Å². The van der Waals surface area contributed by atoms with E-state index < -0.39 is 0 Å². The number of carbonyl (C=O) groups is 1. The number of hydrogen-bond acceptors (Lipinski definition) is 2. The Morgan fingerprint density at radius 1 is 1.29 bits per heavy atom. The Balaban J connectivity index is 1.59. The standard InChI is InChI=1S/C17H30N2O2/c1-13(7-8-14-5-3-2-4-6-14)18-17(21)19-16-10-9-15(11-16)12-20/h9-10,13-16,20H,2-8,11-12H2,1H3,(H2,18,19,21)/t13?,15-,16+/m0/s1. The Labute approximate surface area is 128 Å². The molecule has 0 spiro atoms. The zero-order valence-electron chi connectivity index (χ0n) is 13.2. The summed E-state index contributed by atoms with van der Waals surface area (Å²) < 4.78 is 0. The van der Waals surface area contributed by atoms with Crippen molar-refractivity contribution in [1.82, 2.24) is 10.6 Å². The van der Waals surface area contributed by atoms with Crippen LogP contribution in [0, 0.1) is 11.8 Å². The predicted molar refractivity (Wildman–Crippen MR) is 85.1 cm³/mol. The van der Waals surface area contributed by atoms with E-state index in [0.717, 1.165) is 18.8 Å². The van der Waals surface area contributed by atoms with Gasteiger partial charge in [-0.1, -0.05) is 44.3 Å². The van der Waals surface area contributed by atoms with Gasteiger partial charge in [0.25, 0.3) is 0 Å². The van der Waals surface area contributed by atoms with Crippen LogP contribution in [0.1, 0.15) is 58.3 Å². The quantitative estimate of drug-likeness (QED) is 0.660. The molecule has 1 fully saturated rings. The SMILES string of the molecule is CC(CCC1CCCCC1)NC(=O)N[C@@H]1C=C[C@H](CO)C1. The summed E-state index contributed by atoms with van der Waals surface area (Å²) in [4.78, 5) is 11.9. The highest BCUT2D eigenvalue weighted by Gasteiger charge is 2.20. The van der Waals surface area contributed by atoms with Gasteiger partial charge in [0.2, 0.25) is 0 Å². The molecule has 0 aromatic rings. The molecule has 0 aromatic carbocycles. The third kappa shape index (κ3) is 5.70. The largest absolute Gasteiger partial charge is 0.396 e. The van der Waals surface area contributed by atoms with Gasteiger partial charge >= 0.3 is 6.03 Å². The summed E-state index contributed by atoms with van der Waals surface area (Å²) in [5.41, 5.74) is 0. The molecule has 0 aromatic heterocycles. The van der Waals surface area contributed by atoms with Crippen LogP contribution in [0.2, 0.25) is 0 Å². The van der Waals surface area contributed by atoms with Crippen molar-refractivity contribution >= 4 is 6.03 Å². The molecule has 0 aliphatic heterocycles. The molecule has 21 heavy (non-hydrogen) atoms. The van der Waals surface area contributed by atoms with Crippen molar-refractivity contribution in [3.63, 3.8) is 0 Å². The first-order chi connectivity index (χ1) is 10.2. The Morgan fingerprint density at radius 2 is 2.05 bits per heavy atom. The second kappa shape index (κ2) is 8.42. The highest BCUT2D eigenvalue weighted by Crippen LogP contribution is 2.27. The zero-order valence-corrected chi connectivity index (χ0v) is 13.2. The number of aliphatic hydroxyl groups excluding tert-OH is 1. The molecular formula is C17H30N2O2. The van der Waals surface area contributed by atoms with E-state index >= 15 is 0 Å². The van der Waals surface area contributed by atoms with E-state index in [1.807, 2.05) is 12.2 Å². The number of amides is 2. The molecule has 1 saturated carbocycles. The minimum Gasteiger partial charge on any atom is -0.396 e. The number of rotatable bonds is 6. The van der Waals surface area contributed by atoms with Gasteiger partial charge in [0.1, 0.15) is 0 Å². The first-order valence-corrected chi connectivity index (χ1v) is 8.53. The Morgan fingerprint density at radius 3 is 2.71 bits per heavy atom. The van der Waals surface area contributed by atoms with Crippen molar-refractivity contribution in [2.75, 3.05) is 6.61 Å². The second-order valence-corrected chi connectivity index (χ2v) is 6.77. The minimum atomic E-state index is -0.0839. The van der Waals surface area contributed by atoms with Crippen LogP contribution in [0.25, 0.3) is 0 Å². The molecule has 2 aliphatic carbocycles. The highest BCUT2D eigenvalue weighted by molar-refractivity contribution is 5.74. The summed E-state index contributed by atoms with van der Waals surface area (Å²) in [7, 11) is 0. The molecular weight excluding hydrogens is 264 g/mol. The molecule has 1 unspecified atom stereocenters. The van der Waals surface area contributed by atoms with Gasteiger partial charge in [-0.15, -0.1) is 0 Å². The summed E-state index contributed by atoms with van der Waals surface area (Å²) in [6.45, 7) is 2.25. The van der Waals surface area contributed by atoms with Crippen LogP contribution in [-0.4, -0.2) is 29.8 Å². The van der Waals surface area contributed by atoms with Crippen LogP contribution < -0.4 is 10.6 Å². The lowest BCUT2D eigenvalue weighted by Gasteiger charge is -2.23. The summed E-state index contributed by atoms with van der Waals surface area (Å²) >= 11 is 0. The molecule has 2 rings (SSSR count). The molecule has 0 bridgehead atoms. The number of hydrogen-bond donors (Lipinski definition) is 3. The van der Waals surface area contributed by atoms with Crippen molar-refractivity contribution in [3.8, 4) is 0 Å². The summed E-state index contributed by atoms with van der Waals surface area (Å²) in [6, 6.07) is 0.207. The van der Waals surface area contributed by atoms with Gasteiger partial charge in [-0.3, -0.25) is 0 Å². The van der Waals surface area contributed by atoms with Gasteiger partial charge in [-0.25, -0.2) is 4.79 Å². The molecule has 2 aliphatic rings. The van der Waals surface area contributed by atoms with Gasteiger partial charge in [0.15, 0.2) is 0 Å². The third-order valence-corrected chi connectivity index (χ3v) is 4.83. The van der Waals surface area contributed by atoms with Crippen LogP contribution in [-0.2, 0) is 0 Å². The average Bonchev–Trinajstić information content (AvgIpc) is 2.93. The number of nitrogens with one attached hydrogen (secondary N) is 2. The molecule has 0 radical (unpaired) electrons. The lowest BCUT2D eigenvalue weighted by atomic mass is 9.85. The van der Waals surface area contributed by atoms with Crippen LogP contribution in [0.4, 0.5) is 4.79 Å². The third-order valence-electron chi connectivity index (χ3n) is 4.83. The summed E-state index contributed by atoms with van der Waals surface area (Å²) in [5, 5.41) is 15.1. The van der Waals surface area contributed by atoms with Crippen molar-refractivity contribution in [1.29, 1.82) is 0 Å². The lowest BCUT2D eigenvalue weighted by molar-refractivity contribution is 0.227. The number of carbonyl (C=O) groups excluding carboxylic acids is 1. The maximum absolute atomic E-state index is 11.9. The second-order valence-electron chi connectivity index (χ2n) is 6.77. The number of urea groups is 1. The molecule has 0 heterocycles. The van der Waals surface area contributed by atoms with Gasteiger partial charge in [0, 0.05) is 24.6 Å². The van der Waals surface area contributed by atoms with Crippen LogP contribution >= 0.6 is 0 Å². The van der Waals surface area contributed by atoms with E-state index in [4.69, 9.17) is 5.11 Å². The molecule has 2 amide bonds. The van der Waals surface area contributed by atoms with Gasteiger partial charge < -0.3 is 15.7 Å². The van der Waals surface area contributed by atoms with Gasteiger partial charge in [-0.05, 0) is 32.1 Å². The monoisotopic (exact) mass is 294 g/mol. The maximum atomic E-state index is 11.9. The zero-order chi connectivity index (χ0) is 15.1. The maximum Gasteiger partial charge on any atom is 0.315 e. The van der Waals surface area contributed by atoms with Crippen molar-refractivity contribution in [2.45, 2.75) is 70.4 Å². The predicted octanol–water partition coefficient (Wildman–Crippen LogP) is 2.97. The normalized spacial score (nSPS) is 27.5. The first kappa shape index (κ1) is 16.3. The number of aliphatic hydroxyl groups is 1. The average molecular weight is 294 g/mol. The molecule has 0 saturated heterocycles. The van der Waals surface area contributed by atoms with Gasteiger partial charge in [0.05, 0.1) is 0 Å². The van der Waals surface area contributed by atoms with E-state index in [1.54, 1.807) is 0 Å². The Hall–Kier alpha value is -1.03. The first-order valence-electron chi connectivity index (χ1n) is 8.53. The minimum absolute atomic E-state index is 0.0627. The fourth-order valence-electron chi connectivity index (χ4n) is 3.48. The molecule has 3 atom stereocenters. The van der Waals surface area contributed by atoms with E-state index in [0.29, 0.717) is 0 Å². The van der Waals surface area contributed by atoms with Gasteiger partial charge in [-0.2, -0.15) is 0 Å². The van der Waals surface area contributed by atoms with Crippen molar-refractivity contribution in [2.24, 2.45) is 11.8 Å². The lowest BCUT2D eigenvalue weighted by Crippen LogP contribution is -2.44. The van der Waals surface area contributed by atoms with E-state index in [1.165, 1.54) is 38.5 Å². The van der Waals surface area contributed by atoms with E-state index in [9.17, 15) is 4.79 Å². The Bertz CT molecular complexity index is 351. The molecule has 4 nitrogen and oxygen atoms in total. The summed E-state index contributed by atoms with van der Waals surface area (Å²) in [5.74, 6) is 1.06. The molecule has 3 N–H and O–H groups in total. The Kier molecular flexibility index (Phi) is 6.55. The van der Waals surface area contributed by atoms with Crippen molar-refractivity contribution in [3.05, 3.63) is 12.2 Å².